The van der Waals surface area contributed by atoms with Gasteiger partial charge in [0, 0.05) is 39.3 Å². The molecule has 3 aromatic carbocycles. The quantitative estimate of drug-likeness (QED) is 0.643. The van der Waals surface area contributed by atoms with Gasteiger partial charge in [-0.25, -0.2) is 0 Å². The Bertz CT molecular complexity index is 856. The van der Waals surface area contributed by atoms with Gasteiger partial charge in [-0.05, 0) is 28.7 Å². The number of hydrogen-bond acceptors (Lipinski definition) is 3. The van der Waals surface area contributed by atoms with Crippen LogP contribution in [0, 0.1) is 0 Å². The van der Waals surface area contributed by atoms with E-state index in [1.807, 2.05) is 6.07 Å². The SMILES string of the molecule is OC(CCN1CCN(Cc2ccccc2)CC1)c1ccc(-c2ccccc2)cc1. The van der Waals surface area contributed by atoms with E-state index in [-0.39, 0.29) is 0 Å². The number of aliphatic hydroxyl groups excluding tert-OH is 1. The predicted octanol–water partition coefficient (Wildman–Crippen LogP) is 4.59. The Balaban J connectivity index is 1.22. The summed E-state index contributed by atoms with van der Waals surface area (Å²) in [6.07, 6.45) is 0.380. The molecular weight excluding hydrogens is 356 g/mol. The topological polar surface area (TPSA) is 26.7 Å². The van der Waals surface area contributed by atoms with E-state index in [4.69, 9.17) is 0 Å². The number of aliphatic hydroxyl groups is 1. The van der Waals surface area contributed by atoms with Crippen molar-refractivity contribution >= 4 is 0 Å². The number of nitrogens with zero attached hydrogens (tertiary/aromatic N) is 2. The van der Waals surface area contributed by atoms with Crippen molar-refractivity contribution in [1.82, 2.24) is 9.80 Å². The summed E-state index contributed by atoms with van der Waals surface area (Å²) in [7, 11) is 0. The van der Waals surface area contributed by atoms with Gasteiger partial charge < -0.3 is 10.0 Å². The highest BCUT2D eigenvalue weighted by Crippen LogP contribution is 2.23. The van der Waals surface area contributed by atoms with Crippen molar-refractivity contribution in [1.29, 1.82) is 0 Å². The maximum atomic E-state index is 10.6. The molecule has 1 saturated heterocycles. The monoisotopic (exact) mass is 386 g/mol. The normalized spacial score (nSPS) is 16.6. The van der Waals surface area contributed by atoms with Gasteiger partial charge in [-0.3, -0.25) is 4.90 Å². The summed E-state index contributed by atoms with van der Waals surface area (Å²) in [6, 6.07) is 29.4. The minimum atomic E-state index is -0.401. The highest BCUT2D eigenvalue weighted by molar-refractivity contribution is 5.63. The Kier molecular flexibility index (Phi) is 6.73. The molecule has 0 bridgehead atoms. The molecule has 3 heteroatoms. The van der Waals surface area contributed by atoms with Crippen LogP contribution in [-0.4, -0.2) is 47.6 Å². The number of hydrogen-bond donors (Lipinski definition) is 1. The van der Waals surface area contributed by atoms with Crippen LogP contribution in [0.3, 0.4) is 0 Å². The van der Waals surface area contributed by atoms with Crippen LogP contribution < -0.4 is 0 Å². The van der Waals surface area contributed by atoms with Crippen LogP contribution in [0.1, 0.15) is 23.7 Å². The van der Waals surface area contributed by atoms with Gasteiger partial charge in [-0.1, -0.05) is 84.9 Å². The highest BCUT2D eigenvalue weighted by Gasteiger charge is 2.18. The molecule has 1 heterocycles. The summed E-state index contributed by atoms with van der Waals surface area (Å²) in [5.74, 6) is 0. The van der Waals surface area contributed by atoms with Crippen LogP contribution in [0.2, 0.25) is 0 Å². The van der Waals surface area contributed by atoms with Crippen molar-refractivity contribution in [2.75, 3.05) is 32.7 Å². The molecule has 0 radical (unpaired) electrons. The molecule has 29 heavy (non-hydrogen) atoms. The maximum absolute atomic E-state index is 10.6. The first-order chi connectivity index (χ1) is 14.3. The molecule has 1 aliphatic rings. The van der Waals surface area contributed by atoms with Gasteiger partial charge in [0.25, 0.3) is 0 Å². The number of rotatable bonds is 7. The summed E-state index contributed by atoms with van der Waals surface area (Å²) in [5.41, 5.74) is 4.79. The Morgan fingerprint density at radius 2 is 1.21 bits per heavy atom. The Morgan fingerprint density at radius 1 is 0.655 bits per heavy atom. The van der Waals surface area contributed by atoms with Crippen molar-refractivity contribution in [3.63, 3.8) is 0 Å². The summed E-state index contributed by atoms with van der Waals surface area (Å²) < 4.78 is 0. The first-order valence-electron chi connectivity index (χ1n) is 10.6. The molecule has 3 nitrogen and oxygen atoms in total. The lowest BCUT2D eigenvalue weighted by Gasteiger charge is -2.35. The fourth-order valence-electron chi connectivity index (χ4n) is 4.01. The second-order valence-corrected chi connectivity index (χ2v) is 7.90. The Labute approximate surface area is 174 Å². The number of piperazine rings is 1. The molecule has 3 aromatic rings. The molecule has 0 amide bonds. The minimum absolute atomic E-state index is 0.401. The second-order valence-electron chi connectivity index (χ2n) is 7.90. The van der Waals surface area contributed by atoms with E-state index in [1.165, 1.54) is 16.7 Å². The van der Waals surface area contributed by atoms with Crippen LogP contribution in [-0.2, 0) is 6.54 Å². The smallest absolute Gasteiger partial charge is 0.0802 e. The van der Waals surface area contributed by atoms with E-state index < -0.39 is 6.10 Å². The largest absolute Gasteiger partial charge is 0.388 e. The van der Waals surface area contributed by atoms with Gasteiger partial charge in [0.1, 0.15) is 0 Å². The van der Waals surface area contributed by atoms with Crippen molar-refractivity contribution in [3.05, 3.63) is 96.1 Å². The third kappa shape index (κ3) is 5.54. The molecule has 1 aliphatic heterocycles. The Morgan fingerprint density at radius 3 is 1.86 bits per heavy atom. The van der Waals surface area contributed by atoms with Crippen LogP contribution in [0.4, 0.5) is 0 Å². The molecular formula is C26H30N2O. The summed E-state index contributed by atoms with van der Waals surface area (Å²) >= 11 is 0. The zero-order valence-corrected chi connectivity index (χ0v) is 17.0. The van der Waals surface area contributed by atoms with E-state index in [0.717, 1.165) is 51.3 Å². The summed E-state index contributed by atoms with van der Waals surface area (Å²) in [6.45, 7) is 6.32. The van der Waals surface area contributed by atoms with E-state index >= 15 is 0 Å². The first-order valence-corrected chi connectivity index (χ1v) is 10.6. The maximum Gasteiger partial charge on any atom is 0.0802 e. The summed E-state index contributed by atoms with van der Waals surface area (Å²) in [4.78, 5) is 4.99. The van der Waals surface area contributed by atoms with E-state index in [0.29, 0.717) is 0 Å². The average molecular weight is 387 g/mol. The zero-order chi connectivity index (χ0) is 19.9. The van der Waals surface area contributed by atoms with E-state index in [1.54, 1.807) is 0 Å². The van der Waals surface area contributed by atoms with Gasteiger partial charge >= 0.3 is 0 Å². The van der Waals surface area contributed by atoms with Crippen LogP contribution >= 0.6 is 0 Å². The van der Waals surface area contributed by atoms with Gasteiger partial charge in [-0.2, -0.15) is 0 Å². The van der Waals surface area contributed by atoms with Gasteiger partial charge in [0.2, 0.25) is 0 Å². The minimum Gasteiger partial charge on any atom is -0.388 e. The van der Waals surface area contributed by atoms with Gasteiger partial charge in [0.05, 0.1) is 6.10 Å². The first kappa shape index (κ1) is 19.8. The van der Waals surface area contributed by atoms with Crippen LogP contribution in [0.15, 0.2) is 84.9 Å². The molecule has 1 N–H and O–H groups in total. The van der Waals surface area contributed by atoms with Crippen molar-refractivity contribution in [3.8, 4) is 11.1 Å². The van der Waals surface area contributed by atoms with Crippen molar-refractivity contribution in [2.24, 2.45) is 0 Å². The lowest BCUT2D eigenvalue weighted by Crippen LogP contribution is -2.46. The van der Waals surface area contributed by atoms with E-state index in [2.05, 4.69) is 88.7 Å². The lowest BCUT2D eigenvalue weighted by atomic mass is 10.0. The van der Waals surface area contributed by atoms with Crippen molar-refractivity contribution < 1.29 is 5.11 Å². The lowest BCUT2D eigenvalue weighted by molar-refractivity contribution is 0.0993. The average Bonchev–Trinajstić information content (AvgIpc) is 2.80. The molecule has 1 unspecified atom stereocenters. The molecule has 1 fully saturated rings. The molecule has 0 saturated carbocycles. The second kappa shape index (κ2) is 9.84. The fraction of sp³-hybridized carbons (Fsp3) is 0.308. The summed E-state index contributed by atoms with van der Waals surface area (Å²) in [5, 5.41) is 10.6. The van der Waals surface area contributed by atoms with Gasteiger partial charge in [-0.15, -0.1) is 0 Å². The molecule has 150 valence electrons. The van der Waals surface area contributed by atoms with Crippen LogP contribution in [0.5, 0.6) is 0 Å². The molecule has 1 atom stereocenters. The molecule has 0 spiro atoms. The third-order valence-corrected chi connectivity index (χ3v) is 5.84. The highest BCUT2D eigenvalue weighted by atomic mass is 16.3. The Hall–Kier alpha value is -2.46. The zero-order valence-electron chi connectivity index (χ0n) is 17.0. The third-order valence-electron chi connectivity index (χ3n) is 5.84. The van der Waals surface area contributed by atoms with Crippen molar-refractivity contribution in [2.45, 2.75) is 19.1 Å². The molecule has 0 aliphatic carbocycles. The van der Waals surface area contributed by atoms with Gasteiger partial charge in [0.15, 0.2) is 0 Å². The fourth-order valence-corrected chi connectivity index (χ4v) is 4.01. The molecule has 4 rings (SSSR count). The van der Waals surface area contributed by atoms with E-state index in [9.17, 15) is 5.11 Å². The molecule has 0 aromatic heterocycles. The standard InChI is InChI=1S/C26H30N2O/c29-26(25-13-11-24(12-14-25)23-9-5-2-6-10-23)15-16-27-17-19-28(20-18-27)21-22-7-3-1-4-8-22/h1-14,26,29H,15-21H2. The van der Waals surface area contributed by atoms with Crippen LogP contribution in [0.25, 0.3) is 11.1 Å². The number of benzene rings is 3. The predicted molar refractivity (Wildman–Crippen MR) is 120 cm³/mol.